The van der Waals surface area contributed by atoms with E-state index in [9.17, 15) is 0 Å². The second kappa shape index (κ2) is 7.01. The van der Waals surface area contributed by atoms with Crippen molar-refractivity contribution in [2.75, 3.05) is 0 Å². The Morgan fingerprint density at radius 3 is 2.08 bits per heavy atom. The van der Waals surface area contributed by atoms with Gasteiger partial charge in [0, 0.05) is 11.8 Å². The van der Waals surface area contributed by atoms with Crippen LogP contribution in [0, 0.1) is 17.3 Å². The Labute approximate surface area is 84.1 Å². The summed E-state index contributed by atoms with van der Waals surface area (Å²) in [4.78, 5) is 0. The van der Waals surface area contributed by atoms with Crippen LogP contribution in [0.4, 0.5) is 0 Å². The normalized spacial score (nSPS) is 10.8. The third-order valence-corrected chi connectivity index (χ3v) is 1.87. The topological polar surface area (TPSA) is 0 Å². The van der Waals surface area contributed by atoms with E-state index in [1.165, 1.54) is 32.1 Å². The lowest BCUT2D eigenvalue weighted by atomic mass is 9.97. The Morgan fingerprint density at radius 2 is 1.54 bits per heavy atom. The van der Waals surface area contributed by atoms with Crippen molar-refractivity contribution < 1.29 is 0 Å². The molecule has 0 saturated carbocycles. The van der Waals surface area contributed by atoms with Crippen molar-refractivity contribution in [1.82, 2.24) is 0 Å². The molecule has 0 heteroatoms. The van der Waals surface area contributed by atoms with Gasteiger partial charge in [-0.3, -0.25) is 0 Å². The first-order chi connectivity index (χ1) is 6.06. The largest absolute Gasteiger partial charge is 0.103 e. The average molecular weight is 180 g/mol. The monoisotopic (exact) mass is 180 g/mol. The van der Waals surface area contributed by atoms with Crippen LogP contribution in [0.3, 0.4) is 0 Å². The highest BCUT2D eigenvalue weighted by molar-refractivity contribution is 5.06. The quantitative estimate of drug-likeness (QED) is 0.434. The van der Waals surface area contributed by atoms with Gasteiger partial charge in [0.25, 0.3) is 0 Å². The van der Waals surface area contributed by atoms with Gasteiger partial charge in [0.05, 0.1) is 0 Å². The lowest BCUT2D eigenvalue weighted by Gasteiger charge is -2.06. The molecule has 0 heterocycles. The van der Waals surface area contributed by atoms with Crippen molar-refractivity contribution in [3.8, 4) is 11.8 Å². The maximum atomic E-state index is 3.26. The molecule has 0 nitrogen and oxygen atoms in total. The van der Waals surface area contributed by atoms with Gasteiger partial charge in [-0.1, -0.05) is 38.5 Å². The maximum absolute atomic E-state index is 3.26. The van der Waals surface area contributed by atoms with E-state index in [-0.39, 0.29) is 5.41 Å². The van der Waals surface area contributed by atoms with Gasteiger partial charge >= 0.3 is 0 Å². The predicted octanol–water partition coefficient (Wildman–Crippen LogP) is 4.40. The van der Waals surface area contributed by atoms with E-state index in [0.717, 1.165) is 6.42 Å². The summed E-state index contributed by atoms with van der Waals surface area (Å²) in [5, 5.41) is 0. The fourth-order valence-electron chi connectivity index (χ4n) is 1.14. The first kappa shape index (κ1) is 12.6. The van der Waals surface area contributed by atoms with Crippen molar-refractivity contribution in [2.45, 2.75) is 66.2 Å². The lowest BCUT2D eigenvalue weighted by Crippen LogP contribution is -1.98. The zero-order valence-electron chi connectivity index (χ0n) is 9.74. The molecule has 0 rings (SSSR count). The smallest absolute Gasteiger partial charge is 0.0230 e. The van der Waals surface area contributed by atoms with Gasteiger partial charge in [-0.25, -0.2) is 0 Å². The van der Waals surface area contributed by atoms with Crippen LogP contribution >= 0.6 is 0 Å². The van der Waals surface area contributed by atoms with Crippen molar-refractivity contribution in [1.29, 1.82) is 0 Å². The van der Waals surface area contributed by atoms with E-state index < -0.39 is 0 Å². The molecule has 0 atom stereocenters. The SMILES string of the molecule is CCCCCCCC#CC(C)(C)C. The van der Waals surface area contributed by atoms with Crippen molar-refractivity contribution in [3.05, 3.63) is 0 Å². The Hall–Kier alpha value is -0.440. The molecule has 13 heavy (non-hydrogen) atoms. The molecule has 0 aliphatic carbocycles. The Morgan fingerprint density at radius 1 is 0.923 bits per heavy atom. The second-order valence-corrected chi connectivity index (χ2v) is 4.72. The molecule has 0 aromatic carbocycles. The molecule has 0 fully saturated rings. The first-order valence-electron chi connectivity index (χ1n) is 5.56. The highest BCUT2D eigenvalue weighted by atomic mass is 14.1. The minimum atomic E-state index is 0.184. The van der Waals surface area contributed by atoms with Gasteiger partial charge in [-0.2, -0.15) is 0 Å². The van der Waals surface area contributed by atoms with E-state index in [0.29, 0.717) is 0 Å². The van der Waals surface area contributed by atoms with Gasteiger partial charge in [0.1, 0.15) is 0 Å². The van der Waals surface area contributed by atoms with Gasteiger partial charge in [-0.05, 0) is 27.2 Å². The second-order valence-electron chi connectivity index (χ2n) is 4.72. The van der Waals surface area contributed by atoms with Crippen molar-refractivity contribution >= 4 is 0 Å². The zero-order chi connectivity index (χ0) is 10.2. The highest BCUT2D eigenvalue weighted by Crippen LogP contribution is 2.10. The highest BCUT2D eigenvalue weighted by Gasteiger charge is 2.02. The van der Waals surface area contributed by atoms with Crippen molar-refractivity contribution in [2.24, 2.45) is 5.41 Å². The van der Waals surface area contributed by atoms with Crippen LogP contribution in [0.2, 0.25) is 0 Å². The summed E-state index contributed by atoms with van der Waals surface area (Å²) >= 11 is 0. The molecule has 0 bridgehead atoms. The third kappa shape index (κ3) is 11.6. The summed E-state index contributed by atoms with van der Waals surface area (Å²) in [7, 11) is 0. The molecule has 0 aliphatic rings. The van der Waals surface area contributed by atoms with E-state index in [2.05, 4.69) is 39.5 Å². The molecule has 0 amide bonds. The zero-order valence-corrected chi connectivity index (χ0v) is 9.74. The van der Waals surface area contributed by atoms with E-state index >= 15 is 0 Å². The minimum absolute atomic E-state index is 0.184. The molecule has 76 valence electrons. The molecule has 0 aliphatic heterocycles. The van der Waals surface area contributed by atoms with Crippen LogP contribution in [0.25, 0.3) is 0 Å². The Balaban J connectivity index is 3.28. The molecule has 0 radical (unpaired) electrons. The summed E-state index contributed by atoms with van der Waals surface area (Å²) in [6.07, 6.45) is 7.81. The summed E-state index contributed by atoms with van der Waals surface area (Å²) in [5.41, 5.74) is 0.184. The third-order valence-electron chi connectivity index (χ3n) is 1.87. The predicted molar refractivity (Wildman–Crippen MR) is 60.6 cm³/mol. The minimum Gasteiger partial charge on any atom is -0.103 e. The number of hydrogen-bond acceptors (Lipinski definition) is 0. The van der Waals surface area contributed by atoms with Crippen LogP contribution < -0.4 is 0 Å². The summed E-state index contributed by atoms with van der Waals surface area (Å²) in [6, 6.07) is 0. The van der Waals surface area contributed by atoms with Gasteiger partial charge in [-0.15, -0.1) is 5.92 Å². The van der Waals surface area contributed by atoms with E-state index in [4.69, 9.17) is 0 Å². The molecule has 0 aromatic rings. The van der Waals surface area contributed by atoms with Crippen LogP contribution in [-0.2, 0) is 0 Å². The number of hydrogen-bond donors (Lipinski definition) is 0. The van der Waals surface area contributed by atoms with Crippen LogP contribution in [-0.4, -0.2) is 0 Å². The fraction of sp³-hybridized carbons (Fsp3) is 0.846. The summed E-state index contributed by atoms with van der Waals surface area (Å²) < 4.78 is 0. The standard InChI is InChI=1S/C13H24/c1-5-6-7-8-9-10-11-12-13(2,3)4/h5-10H2,1-4H3. The number of unbranched alkanes of at least 4 members (excludes halogenated alkanes) is 5. The molecule has 0 saturated heterocycles. The first-order valence-corrected chi connectivity index (χ1v) is 5.56. The number of rotatable bonds is 5. The maximum Gasteiger partial charge on any atom is 0.0230 e. The lowest BCUT2D eigenvalue weighted by molar-refractivity contribution is 0.569. The summed E-state index contributed by atoms with van der Waals surface area (Å²) in [6.45, 7) is 8.74. The van der Waals surface area contributed by atoms with Crippen LogP contribution in [0.15, 0.2) is 0 Å². The molecule has 0 spiro atoms. The van der Waals surface area contributed by atoms with Crippen molar-refractivity contribution in [3.63, 3.8) is 0 Å². The van der Waals surface area contributed by atoms with E-state index in [1.54, 1.807) is 0 Å². The molecular formula is C13H24. The summed E-state index contributed by atoms with van der Waals surface area (Å²) in [5.74, 6) is 6.52. The van der Waals surface area contributed by atoms with E-state index in [1.807, 2.05) is 0 Å². The Bertz CT molecular complexity index is 161. The van der Waals surface area contributed by atoms with Crippen LogP contribution in [0.5, 0.6) is 0 Å². The average Bonchev–Trinajstić information content (AvgIpc) is 2.01. The van der Waals surface area contributed by atoms with Crippen LogP contribution in [0.1, 0.15) is 66.2 Å². The molecule has 0 aromatic heterocycles. The fourth-order valence-corrected chi connectivity index (χ4v) is 1.14. The Kier molecular flexibility index (Phi) is 6.77. The van der Waals surface area contributed by atoms with Gasteiger partial charge in [0.2, 0.25) is 0 Å². The molecule has 0 N–H and O–H groups in total. The van der Waals surface area contributed by atoms with Gasteiger partial charge in [0.15, 0.2) is 0 Å². The van der Waals surface area contributed by atoms with Gasteiger partial charge < -0.3 is 0 Å². The molecule has 0 unspecified atom stereocenters. The molecular weight excluding hydrogens is 156 g/mol.